The van der Waals surface area contributed by atoms with Gasteiger partial charge in [0.15, 0.2) is 0 Å². The van der Waals surface area contributed by atoms with E-state index in [1.807, 2.05) is 6.20 Å². The summed E-state index contributed by atoms with van der Waals surface area (Å²) in [4.78, 5) is 12.1. The number of nitrogens with zero attached hydrogens (tertiary/aromatic N) is 5. The zero-order valence-electron chi connectivity index (χ0n) is 46.4. The summed E-state index contributed by atoms with van der Waals surface area (Å²) in [7, 11) is 2.17. The van der Waals surface area contributed by atoms with Crippen molar-refractivity contribution in [1.29, 1.82) is 0 Å². The number of para-hydroxylation sites is 3. The molecular formula is C69H68N5OPt-3. The van der Waals surface area contributed by atoms with Gasteiger partial charge in [-0.05, 0) is 127 Å². The number of aromatic nitrogens is 2. The SMILES string of the molecule is CN1[CH-]N2c3[c-]c(Oc4[c-]c5c(cc4)c4ccccc4n5-c4cc(N5CCCc6ccccc65)ccn4)ccc3C3(c4cccc1c42)c1c(cc(C(C)(C)C)cc1C(C)(C)C)-c1cc(C(C)(C)C)cc(C(C)(C)C)c13.[Pt]. The molecule has 0 fully saturated rings. The van der Waals surface area contributed by atoms with Crippen LogP contribution in [0.1, 0.15) is 140 Å². The zero-order valence-corrected chi connectivity index (χ0v) is 48.6. The van der Waals surface area contributed by atoms with Crippen LogP contribution in [0.3, 0.4) is 0 Å². The summed E-state index contributed by atoms with van der Waals surface area (Å²) in [5.74, 6) is 2.09. The Hall–Kier alpha value is -6.62. The van der Waals surface area contributed by atoms with Gasteiger partial charge < -0.3 is 24.0 Å². The maximum Gasteiger partial charge on any atom is 0.137 e. The smallest absolute Gasteiger partial charge is 0.137 e. The summed E-state index contributed by atoms with van der Waals surface area (Å²) < 4.78 is 9.31. The van der Waals surface area contributed by atoms with Crippen LogP contribution < -0.4 is 19.4 Å². The van der Waals surface area contributed by atoms with E-state index in [2.05, 4.69) is 256 Å². The van der Waals surface area contributed by atoms with Gasteiger partial charge in [-0.15, -0.1) is 35.2 Å². The van der Waals surface area contributed by atoms with E-state index < -0.39 is 5.41 Å². The number of fused-ring (bicyclic) bond motifs is 13. The molecular weight excluding hydrogens is 1110 g/mol. The van der Waals surface area contributed by atoms with Gasteiger partial charge in [-0.25, -0.2) is 4.98 Å². The fourth-order valence-corrected chi connectivity index (χ4v) is 13.0. The molecule has 0 unspecified atom stereocenters. The molecule has 9 aromatic rings. The van der Waals surface area contributed by atoms with Gasteiger partial charge >= 0.3 is 0 Å². The third-order valence-electron chi connectivity index (χ3n) is 16.7. The number of aryl methyl sites for hydroxylation is 1. The Morgan fingerprint density at radius 2 is 1.24 bits per heavy atom. The molecule has 1 aliphatic carbocycles. The fourth-order valence-electron chi connectivity index (χ4n) is 13.0. The second kappa shape index (κ2) is 17.2. The molecule has 1 spiro atoms. The standard InChI is InChI=1S/C69H68N5O.Pt/c1-65(2,3)43-34-50-51-35-44(66(4,5)6)37-55(68(10,11)12)63(51)69(62(50)54(36-43)67(7,8)9)52-30-28-47(40-60(52)73-41-71(13)58-26-18-23-53(69)64(58)73)75-46-27-29-49-48-22-15-17-25-57(48)74(59(49)39-46)61-38-45(31-32-70-61)72-33-19-21-42-20-14-16-24-56(42)72;/h14-18,20,22-32,34-38,41H,19,21,33H2,1-13H3;/q-3;. The molecule has 76 heavy (non-hydrogen) atoms. The van der Waals surface area contributed by atoms with Crippen LogP contribution in [0, 0.1) is 18.8 Å². The van der Waals surface area contributed by atoms with Crippen molar-refractivity contribution in [1.82, 2.24) is 9.55 Å². The molecule has 388 valence electrons. The number of anilines is 5. The monoisotopic (exact) mass is 1180 g/mol. The molecule has 0 saturated heterocycles. The third kappa shape index (κ3) is 7.47. The summed E-state index contributed by atoms with van der Waals surface area (Å²) in [6.07, 6.45) is 4.14. The second-order valence-electron chi connectivity index (χ2n) is 25.8. The molecule has 2 aromatic heterocycles. The zero-order chi connectivity index (χ0) is 52.3. The maximum atomic E-state index is 7.07. The van der Waals surface area contributed by atoms with Crippen molar-refractivity contribution in [2.75, 3.05) is 28.3 Å². The van der Waals surface area contributed by atoms with Crippen molar-refractivity contribution in [3.63, 3.8) is 0 Å². The largest absolute Gasteiger partial charge is 0.509 e. The van der Waals surface area contributed by atoms with Crippen LogP contribution in [-0.4, -0.2) is 23.1 Å². The average Bonchev–Trinajstić information content (AvgIpc) is 4.07. The minimum absolute atomic E-state index is 0. The third-order valence-corrected chi connectivity index (χ3v) is 16.7. The number of pyridine rings is 1. The Labute approximate surface area is 465 Å². The van der Waals surface area contributed by atoms with Crippen LogP contribution >= 0.6 is 0 Å². The summed E-state index contributed by atoms with van der Waals surface area (Å²) in [6, 6.07) is 55.4. The first-order valence-electron chi connectivity index (χ1n) is 27.0. The van der Waals surface area contributed by atoms with E-state index >= 15 is 0 Å². The molecule has 13 rings (SSSR count). The summed E-state index contributed by atoms with van der Waals surface area (Å²) >= 11 is 0. The average molecular weight is 1180 g/mol. The van der Waals surface area contributed by atoms with Crippen molar-refractivity contribution in [3.05, 3.63) is 202 Å². The number of benzene rings is 7. The van der Waals surface area contributed by atoms with E-state index in [1.165, 1.54) is 78.3 Å². The summed E-state index contributed by atoms with van der Waals surface area (Å²) in [5.41, 5.74) is 21.4. The topological polar surface area (TPSA) is 36.8 Å². The van der Waals surface area contributed by atoms with Gasteiger partial charge in [0.1, 0.15) is 5.82 Å². The molecule has 0 saturated carbocycles. The minimum atomic E-state index is -0.683. The number of rotatable bonds is 4. The maximum absolute atomic E-state index is 7.07. The van der Waals surface area contributed by atoms with Crippen LogP contribution in [-0.2, 0) is 54.6 Å². The first-order valence-corrected chi connectivity index (χ1v) is 27.0. The molecule has 0 bridgehead atoms. The predicted octanol–water partition coefficient (Wildman–Crippen LogP) is 17.2. The van der Waals surface area contributed by atoms with Crippen molar-refractivity contribution >= 4 is 50.2 Å². The molecule has 0 amide bonds. The van der Waals surface area contributed by atoms with E-state index in [1.54, 1.807) is 0 Å². The van der Waals surface area contributed by atoms with Crippen LogP contribution in [0.4, 0.5) is 28.4 Å². The quantitative estimate of drug-likeness (QED) is 0.164. The van der Waals surface area contributed by atoms with Crippen molar-refractivity contribution in [2.24, 2.45) is 0 Å². The molecule has 0 N–H and O–H groups in total. The Morgan fingerprint density at radius 1 is 0.605 bits per heavy atom. The Kier molecular flexibility index (Phi) is 11.4. The van der Waals surface area contributed by atoms with Gasteiger partial charge in [0.2, 0.25) is 0 Å². The Morgan fingerprint density at radius 3 is 1.92 bits per heavy atom. The number of ether oxygens (including phenoxy) is 1. The van der Waals surface area contributed by atoms with Gasteiger partial charge in [0.05, 0.1) is 0 Å². The van der Waals surface area contributed by atoms with Gasteiger partial charge in [-0.1, -0.05) is 167 Å². The number of hydrogen-bond acceptors (Lipinski definition) is 5. The summed E-state index contributed by atoms with van der Waals surface area (Å²) in [5, 5.41) is 2.24. The second-order valence-corrected chi connectivity index (χ2v) is 25.8. The van der Waals surface area contributed by atoms with E-state index in [0.717, 1.165) is 58.4 Å². The molecule has 0 radical (unpaired) electrons. The summed E-state index contributed by atoms with van der Waals surface area (Å²) in [6.45, 7) is 31.8. The number of hydrogen-bond donors (Lipinski definition) is 0. The fraction of sp³-hybridized carbons (Fsp3) is 0.304. The molecule has 3 aliphatic heterocycles. The van der Waals surface area contributed by atoms with E-state index in [4.69, 9.17) is 9.72 Å². The molecule has 7 heteroatoms. The molecule has 7 aromatic carbocycles. The molecule has 0 atom stereocenters. The van der Waals surface area contributed by atoms with Gasteiger partial charge in [0.25, 0.3) is 0 Å². The molecule has 5 heterocycles. The van der Waals surface area contributed by atoms with Crippen molar-refractivity contribution in [3.8, 4) is 28.4 Å². The van der Waals surface area contributed by atoms with Crippen LogP contribution in [0.15, 0.2) is 134 Å². The first kappa shape index (κ1) is 50.2. The van der Waals surface area contributed by atoms with E-state index in [9.17, 15) is 0 Å². The Balaban J connectivity index is 0.00000582. The normalized spacial score (nSPS) is 15.4. The van der Waals surface area contributed by atoms with Gasteiger partial charge in [-0.3, -0.25) is 0 Å². The van der Waals surface area contributed by atoms with Crippen LogP contribution in [0.2, 0.25) is 0 Å². The van der Waals surface area contributed by atoms with Gasteiger partial charge in [0, 0.05) is 85.1 Å². The van der Waals surface area contributed by atoms with Crippen LogP contribution in [0.5, 0.6) is 11.5 Å². The molecule has 4 aliphatic rings. The van der Waals surface area contributed by atoms with E-state index in [0.29, 0.717) is 11.5 Å². The van der Waals surface area contributed by atoms with E-state index in [-0.39, 0.29) is 42.7 Å². The van der Waals surface area contributed by atoms with Gasteiger partial charge in [-0.2, -0.15) is 18.8 Å². The van der Waals surface area contributed by atoms with Crippen molar-refractivity contribution < 1.29 is 25.8 Å². The predicted molar refractivity (Wildman–Crippen MR) is 311 cm³/mol. The first-order chi connectivity index (χ1) is 35.6. The molecule has 6 nitrogen and oxygen atoms in total. The Bertz CT molecular complexity index is 3770. The van der Waals surface area contributed by atoms with Crippen molar-refractivity contribution in [2.45, 2.75) is 123 Å². The minimum Gasteiger partial charge on any atom is -0.509 e. The van der Waals surface area contributed by atoms with Crippen LogP contribution in [0.25, 0.3) is 38.8 Å².